The molecule has 4 rings (SSSR count). The molecule has 3 aromatic rings. The van der Waals surface area contributed by atoms with Crippen molar-refractivity contribution in [2.24, 2.45) is 0 Å². The van der Waals surface area contributed by atoms with E-state index >= 15 is 0 Å². The molecule has 3 aromatic heterocycles. The Labute approximate surface area is 170 Å². The van der Waals surface area contributed by atoms with E-state index < -0.39 is 0 Å². The molecule has 0 bridgehead atoms. The van der Waals surface area contributed by atoms with Crippen LogP contribution in [-0.2, 0) is 11.3 Å². The number of hydrogen-bond donors (Lipinski definition) is 0. The Hall–Kier alpha value is -3.03. The van der Waals surface area contributed by atoms with E-state index in [0.29, 0.717) is 18.8 Å². The fourth-order valence-electron chi connectivity index (χ4n) is 4.00. The quantitative estimate of drug-likeness (QED) is 0.659. The number of aryl methyl sites for hydroxylation is 4. The predicted molar refractivity (Wildman–Crippen MR) is 107 cm³/mol. The number of aromatic nitrogens is 5. The van der Waals surface area contributed by atoms with E-state index in [1.165, 1.54) is 0 Å². The van der Waals surface area contributed by atoms with Crippen LogP contribution in [0.5, 0.6) is 0 Å². The molecule has 0 saturated carbocycles. The Morgan fingerprint density at radius 1 is 1.24 bits per heavy atom. The SMILES string of the molecule is Cc1cc(-c2c(C)noc2C)nc(C2CCCCN2C(=O)CCn2ccnc2)n1. The highest BCUT2D eigenvalue weighted by molar-refractivity contribution is 5.76. The minimum absolute atomic E-state index is 0.0989. The van der Waals surface area contributed by atoms with Gasteiger partial charge in [0.15, 0.2) is 5.82 Å². The van der Waals surface area contributed by atoms with Gasteiger partial charge in [-0.25, -0.2) is 15.0 Å². The molecule has 8 heteroatoms. The van der Waals surface area contributed by atoms with Crippen LogP contribution in [0.1, 0.15) is 54.7 Å². The summed E-state index contributed by atoms with van der Waals surface area (Å²) in [5.41, 5.74) is 3.40. The highest BCUT2D eigenvalue weighted by Gasteiger charge is 2.30. The summed E-state index contributed by atoms with van der Waals surface area (Å²) in [7, 11) is 0. The number of carbonyl (C=O) groups excluding carboxylic acids is 1. The molecule has 1 aliphatic heterocycles. The van der Waals surface area contributed by atoms with Crippen LogP contribution in [0.3, 0.4) is 0 Å². The van der Waals surface area contributed by atoms with Gasteiger partial charge < -0.3 is 14.0 Å². The third-order valence-electron chi connectivity index (χ3n) is 5.43. The summed E-state index contributed by atoms with van der Waals surface area (Å²) in [6.45, 7) is 7.13. The topological polar surface area (TPSA) is 89.9 Å². The van der Waals surface area contributed by atoms with E-state index in [1.54, 1.807) is 12.5 Å². The Morgan fingerprint density at radius 3 is 2.83 bits per heavy atom. The van der Waals surface area contributed by atoms with Crippen molar-refractivity contribution in [3.05, 3.63) is 47.8 Å². The van der Waals surface area contributed by atoms with Crippen LogP contribution in [0, 0.1) is 20.8 Å². The van der Waals surface area contributed by atoms with E-state index in [0.717, 1.165) is 54.2 Å². The van der Waals surface area contributed by atoms with Gasteiger partial charge in [0.1, 0.15) is 5.76 Å². The second-order valence-electron chi connectivity index (χ2n) is 7.60. The zero-order chi connectivity index (χ0) is 20.4. The summed E-state index contributed by atoms with van der Waals surface area (Å²) in [6.07, 6.45) is 8.73. The molecule has 1 amide bonds. The van der Waals surface area contributed by atoms with Crippen LogP contribution in [0.25, 0.3) is 11.3 Å². The van der Waals surface area contributed by atoms with Gasteiger partial charge in [-0.2, -0.15) is 0 Å². The molecule has 152 valence electrons. The van der Waals surface area contributed by atoms with Crippen molar-refractivity contribution in [1.82, 2.24) is 29.6 Å². The lowest BCUT2D eigenvalue weighted by Crippen LogP contribution is -2.39. The molecule has 29 heavy (non-hydrogen) atoms. The molecule has 4 heterocycles. The van der Waals surface area contributed by atoms with Gasteiger partial charge in [0.25, 0.3) is 0 Å². The summed E-state index contributed by atoms with van der Waals surface area (Å²) in [5.74, 6) is 1.58. The first-order valence-corrected chi connectivity index (χ1v) is 10.1. The Morgan fingerprint density at radius 2 is 2.10 bits per heavy atom. The van der Waals surface area contributed by atoms with Gasteiger partial charge >= 0.3 is 0 Å². The average Bonchev–Trinajstić information content (AvgIpc) is 3.35. The second-order valence-corrected chi connectivity index (χ2v) is 7.60. The van der Waals surface area contributed by atoms with Gasteiger partial charge in [-0.05, 0) is 46.1 Å². The molecule has 0 radical (unpaired) electrons. The third-order valence-corrected chi connectivity index (χ3v) is 5.43. The summed E-state index contributed by atoms with van der Waals surface area (Å²) in [5, 5.41) is 4.05. The Balaban J connectivity index is 1.60. The largest absolute Gasteiger partial charge is 0.361 e. The van der Waals surface area contributed by atoms with Crippen LogP contribution in [0.15, 0.2) is 29.3 Å². The molecular weight excluding hydrogens is 368 g/mol. The van der Waals surface area contributed by atoms with Crippen molar-refractivity contribution < 1.29 is 9.32 Å². The zero-order valence-electron chi connectivity index (χ0n) is 17.1. The molecule has 1 aliphatic rings. The molecule has 1 saturated heterocycles. The Kier molecular flexibility index (Phi) is 5.42. The first-order chi connectivity index (χ1) is 14.0. The number of nitrogens with zero attached hydrogens (tertiary/aromatic N) is 6. The summed E-state index contributed by atoms with van der Waals surface area (Å²) < 4.78 is 7.25. The Bertz CT molecular complexity index is 975. The number of likely N-dealkylation sites (tertiary alicyclic amines) is 1. The summed E-state index contributed by atoms with van der Waals surface area (Å²) in [6, 6.07) is 1.85. The van der Waals surface area contributed by atoms with Gasteiger partial charge in [-0.15, -0.1) is 0 Å². The predicted octanol–water partition coefficient (Wildman–Crippen LogP) is 3.40. The van der Waals surface area contributed by atoms with Crippen LogP contribution < -0.4 is 0 Å². The summed E-state index contributed by atoms with van der Waals surface area (Å²) in [4.78, 5) is 28.5. The standard InChI is InChI=1S/C21H26N6O2/c1-14-12-17(20-15(2)25-29-16(20)3)24-21(23-14)18-6-4-5-9-27(18)19(28)7-10-26-11-8-22-13-26/h8,11-13,18H,4-7,9-10H2,1-3H3. The smallest absolute Gasteiger partial charge is 0.224 e. The van der Waals surface area contributed by atoms with Crippen molar-refractivity contribution in [3.63, 3.8) is 0 Å². The summed E-state index contributed by atoms with van der Waals surface area (Å²) >= 11 is 0. The van der Waals surface area contributed by atoms with Crippen LogP contribution >= 0.6 is 0 Å². The number of imidazole rings is 1. The van der Waals surface area contributed by atoms with Crippen molar-refractivity contribution in [2.75, 3.05) is 6.54 Å². The number of piperidine rings is 1. The molecule has 0 aliphatic carbocycles. The van der Waals surface area contributed by atoms with Gasteiger partial charge in [-0.3, -0.25) is 4.79 Å². The van der Waals surface area contributed by atoms with E-state index in [-0.39, 0.29) is 11.9 Å². The fraction of sp³-hybridized carbons (Fsp3) is 0.476. The van der Waals surface area contributed by atoms with Crippen LogP contribution in [0.2, 0.25) is 0 Å². The monoisotopic (exact) mass is 394 g/mol. The van der Waals surface area contributed by atoms with Crippen molar-refractivity contribution in [3.8, 4) is 11.3 Å². The zero-order valence-corrected chi connectivity index (χ0v) is 17.1. The van der Waals surface area contributed by atoms with Crippen molar-refractivity contribution >= 4 is 5.91 Å². The normalized spacial score (nSPS) is 16.9. The number of carbonyl (C=O) groups is 1. The molecular formula is C21H26N6O2. The molecule has 1 atom stereocenters. The lowest BCUT2D eigenvalue weighted by atomic mass is 10.00. The van der Waals surface area contributed by atoms with Gasteiger partial charge in [0.2, 0.25) is 5.91 Å². The number of amides is 1. The minimum atomic E-state index is -0.0989. The third kappa shape index (κ3) is 4.06. The van der Waals surface area contributed by atoms with Crippen LogP contribution in [0.4, 0.5) is 0 Å². The van der Waals surface area contributed by atoms with Gasteiger partial charge in [-0.1, -0.05) is 5.16 Å². The fourth-order valence-corrected chi connectivity index (χ4v) is 4.00. The lowest BCUT2D eigenvalue weighted by molar-refractivity contribution is -0.135. The van der Waals surface area contributed by atoms with E-state index in [4.69, 9.17) is 14.5 Å². The van der Waals surface area contributed by atoms with Crippen LogP contribution in [-0.4, -0.2) is 42.0 Å². The molecule has 0 spiro atoms. The average molecular weight is 394 g/mol. The van der Waals surface area contributed by atoms with Crippen molar-refractivity contribution in [1.29, 1.82) is 0 Å². The van der Waals surface area contributed by atoms with E-state index in [9.17, 15) is 4.79 Å². The number of rotatable bonds is 5. The molecule has 1 unspecified atom stereocenters. The maximum absolute atomic E-state index is 13.0. The van der Waals surface area contributed by atoms with Crippen molar-refractivity contribution in [2.45, 2.75) is 59.0 Å². The molecule has 0 aromatic carbocycles. The number of hydrogen-bond acceptors (Lipinski definition) is 6. The second kappa shape index (κ2) is 8.14. The van der Waals surface area contributed by atoms with E-state index in [1.807, 2.05) is 42.5 Å². The molecule has 1 fully saturated rings. The van der Waals surface area contributed by atoms with Gasteiger partial charge in [0.05, 0.1) is 29.3 Å². The first kappa shape index (κ1) is 19.3. The highest BCUT2D eigenvalue weighted by atomic mass is 16.5. The first-order valence-electron chi connectivity index (χ1n) is 10.1. The molecule has 0 N–H and O–H groups in total. The van der Waals surface area contributed by atoms with Gasteiger partial charge in [0, 0.05) is 37.6 Å². The molecule has 8 nitrogen and oxygen atoms in total. The lowest BCUT2D eigenvalue weighted by Gasteiger charge is -2.35. The van der Waals surface area contributed by atoms with E-state index in [2.05, 4.69) is 10.1 Å². The maximum Gasteiger partial charge on any atom is 0.224 e. The highest BCUT2D eigenvalue weighted by Crippen LogP contribution is 2.32. The minimum Gasteiger partial charge on any atom is -0.361 e. The maximum atomic E-state index is 13.0.